The Bertz CT molecular complexity index is 641. The Kier molecular flexibility index (Phi) is 5.69. The standard InChI is InChI=1S/C14H16F2N2O2.ClH/c1-3-20-14(19)18-5-4-10-11(13(15)16)6-9(8(2)17)7-12(10)18;/h4-8,13H,3,17H2,1-2H3;1H/t8-;/m1./s1. The summed E-state index contributed by atoms with van der Waals surface area (Å²) in [6.07, 6.45) is -1.79. The summed E-state index contributed by atoms with van der Waals surface area (Å²) in [6, 6.07) is 4.11. The minimum atomic E-state index is -2.63. The largest absolute Gasteiger partial charge is 0.449 e. The van der Waals surface area contributed by atoms with Crippen LogP contribution in [0, 0.1) is 0 Å². The average molecular weight is 319 g/mol. The summed E-state index contributed by atoms with van der Waals surface area (Å²) in [5.74, 6) is 0. The summed E-state index contributed by atoms with van der Waals surface area (Å²) in [4.78, 5) is 11.8. The number of halogens is 3. The van der Waals surface area contributed by atoms with Crippen molar-refractivity contribution < 1.29 is 18.3 Å². The van der Waals surface area contributed by atoms with Crippen molar-refractivity contribution in [3.05, 3.63) is 35.5 Å². The quantitative estimate of drug-likeness (QED) is 0.929. The number of fused-ring (bicyclic) bond motifs is 1. The van der Waals surface area contributed by atoms with Crippen LogP contribution >= 0.6 is 12.4 Å². The van der Waals surface area contributed by atoms with E-state index in [1.165, 1.54) is 22.9 Å². The lowest BCUT2D eigenvalue weighted by Crippen LogP contribution is -2.13. The van der Waals surface area contributed by atoms with Crippen LogP contribution in [-0.4, -0.2) is 17.3 Å². The van der Waals surface area contributed by atoms with Gasteiger partial charge in [0.05, 0.1) is 12.1 Å². The van der Waals surface area contributed by atoms with Gasteiger partial charge < -0.3 is 10.5 Å². The van der Waals surface area contributed by atoms with E-state index in [1.807, 2.05) is 0 Å². The highest BCUT2D eigenvalue weighted by atomic mass is 35.5. The highest BCUT2D eigenvalue weighted by molar-refractivity contribution is 5.92. The number of carbonyl (C=O) groups excluding carboxylic acids is 1. The lowest BCUT2D eigenvalue weighted by Gasteiger charge is -2.11. The molecule has 0 aliphatic carbocycles. The molecule has 21 heavy (non-hydrogen) atoms. The van der Waals surface area contributed by atoms with E-state index in [9.17, 15) is 13.6 Å². The number of ether oxygens (including phenoxy) is 1. The van der Waals surface area contributed by atoms with Crippen LogP contribution in [-0.2, 0) is 4.74 Å². The van der Waals surface area contributed by atoms with Crippen molar-refractivity contribution in [3.8, 4) is 0 Å². The van der Waals surface area contributed by atoms with Gasteiger partial charge in [0, 0.05) is 23.2 Å². The summed E-state index contributed by atoms with van der Waals surface area (Å²) in [6.45, 7) is 3.60. The van der Waals surface area contributed by atoms with Crippen LogP contribution < -0.4 is 5.73 Å². The van der Waals surface area contributed by atoms with Crippen LogP contribution in [0.3, 0.4) is 0 Å². The third-order valence-corrected chi connectivity index (χ3v) is 3.09. The monoisotopic (exact) mass is 318 g/mol. The van der Waals surface area contributed by atoms with E-state index in [2.05, 4.69) is 0 Å². The first-order valence-electron chi connectivity index (χ1n) is 6.31. The Balaban J connectivity index is 0.00000220. The van der Waals surface area contributed by atoms with Crippen LogP contribution in [0.5, 0.6) is 0 Å². The molecule has 0 bridgehead atoms. The topological polar surface area (TPSA) is 57.2 Å². The smallest absolute Gasteiger partial charge is 0.418 e. The molecule has 2 rings (SSSR count). The Labute approximate surface area is 127 Å². The zero-order chi connectivity index (χ0) is 14.9. The third kappa shape index (κ3) is 3.33. The van der Waals surface area contributed by atoms with Crippen molar-refractivity contribution >= 4 is 29.4 Å². The van der Waals surface area contributed by atoms with E-state index in [1.54, 1.807) is 19.9 Å². The summed E-state index contributed by atoms with van der Waals surface area (Å²) >= 11 is 0. The fourth-order valence-electron chi connectivity index (χ4n) is 2.09. The molecule has 0 aliphatic heterocycles. The molecule has 0 saturated heterocycles. The first-order chi connectivity index (χ1) is 9.45. The predicted octanol–water partition coefficient (Wildman–Crippen LogP) is 4.03. The molecule has 0 radical (unpaired) electrons. The second-order valence-corrected chi connectivity index (χ2v) is 4.52. The van der Waals surface area contributed by atoms with Gasteiger partial charge in [-0.15, -0.1) is 12.4 Å². The zero-order valence-corrected chi connectivity index (χ0v) is 12.5. The van der Waals surface area contributed by atoms with E-state index < -0.39 is 18.6 Å². The Morgan fingerprint density at radius 1 is 1.43 bits per heavy atom. The lowest BCUT2D eigenvalue weighted by molar-refractivity contribution is 0.152. The van der Waals surface area contributed by atoms with E-state index in [-0.39, 0.29) is 24.6 Å². The van der Waals surface area contributed by atoms with Gasteiger partial charge in [-0.2, -0.15) is 0 Å². The number of alkyl halides is 2. The van der Waals surface area contributed by atoms with E-state index in [0.717, 1.165) is 0 Å². The van der Waals surface area contributed by atoms with Crippen molar-refractivity contribution in [3.63, 3.8) is 0 Å². The predicted molar refractivity (Wildman–Crippen MR) is 79.2 cm³/mol. The van der Waals surface area contributed by atoms with Crippen molar-refractivity contribution in [2.45, 2.75) is 26.3 Å². The van der Waals surface area contributed by atoms with Gasteiger partial charge in [-0.3, -0.25) is 4.57 Å². The fourth-order valence-corrected chi connectivity index (χ4v) is 2.09. The van der Waals surface area contributed by atoms with E-state index in [0.29, 0.717) is 16.5 Å². The molecule has 0 amide bonds. The molecule has 1 aromatic heterocycles. The molecule has 2 aromatic rings. The van der Waals surface area contributed by atoms with Gasteiger partial charge in [-0.1, -0.05) is 0 Å². The van der Waals surface area contributed by atoms with Crippen LogP contribution in [0.2, 0.25) is 0 Å². The van der Waals surface area contributed by atoms with Crippen molar-refractivity contribution in [1.82, 2.24) is 4.57 Å². The summed E-state index contributed by atoms with van der Waals surface area (Å²) < 4.78 is 32.4. The second kappa shape index (κ2) is 6.87. The maximum Gasteiger partial charge on any atom is 0.418 e. The number of benzene rings is 1. The first-order valence-corrected chi connectivity index (χ1v) is 6.31. The minimum Gasteiger partial charge on any atom is -0.449 e. The SMILES string of the molecule is CCOC(=O)n1ccc2c(C(F)F)cc([C@@H](C)N)cc21.Cl. The summed E-state index contributed by atoms with van der Waals surface area (Å²) in [5, 5.41) is 0.331. The molecule has 0 aliphatic rings. The molecule has 7 heteroatoms. The number of rotatable bonds is 3. The maximum absolute atomic E-state index is 13.1. The third-order valence-electron chi connectivity index (χ3n) is 3.09. The fraction of sp³-hybridized carbons (Fsp3) is 0.357. The van der Waals surface area contributed by atoms with Gasteiger partial charge in [0.2, 0.25) is 0 Å². The molecule has 116 valence electrons. The lowest BCUT2D eigenvalue weighted by atomic mass is 10.0. The van der Waals surface area contributed by atoms with Crippen LogP contribution in [0.4, 0.5) is 13.6 Å². The molecule has 4 nitrogen and oxygen atoms in total. The zero-order valence-electron chi connectivity index (χ0n) is 11.7. The van der Waals surface area contributed by atoms with Crippen molar-refractivity contribution in [2.24, 2.45) is 5.73 Å². The van der Waals surface area contributed by atoms with Gasteiger partial charge in [0.1, 0.15) is 0 Å². The number of nitrogens with zero attached hydrogens (tertiary/aromatic N) is 1. The van der Waals surface area contributed by atoms with Gasteiger partial charge >= 0.3 is 6.09 Å². The van der Waals surface area contributed by atoms with Gasteiger partial charge in [-0.05, 0) is 37.6 Å². The number of aromatic nitrogens is 1. The number of hydrogen-bond acceptors (Lipinski definition) is 3. The first kappa shape index (κ1) is 17.4. The molecular weight excluding hydrogens is 302 g/mol. The number of carbonyl (C=O) groups is 1. The molecule has 0 unspecified atom stereocenters. The minimum absolute atomic E-state index is 0. The van der Waals surface area contributed by atoms with Gasteiger partial charge in [0.15, 0.2) is 0 Å². The maximum atomic E-state index is 13.1. The molecule has 1 aromatic carbocycles. The van der Waals surface area contributed by atoms with E-state index >= 15 is 0 Å². The summed E-state index contributed by atoms with van der Waals surface area (Å²) in [7, 11) is 0. The molecular formula is C14H17ClF2N2O2. The number of hydrogen-bond donors (Lipinski definition) is 1. The van der Waals surface area contributed by atoms with Crippen molar-refractivity contribution in [1.29, 1.82) is 0 Å². The van der Waals surface area contributed by atoms with Crippen LogP contribution in [0.25, 0.3) is 10.9 Å². The highest BCUT2D eigenvalue weighted by Gasteiger charge is 2.19. The Morgan fingerprint density at radius 2 is 2.10 bits per heavy atom. The van der Waals surface area contributed by atoms with Crippen LogP contribution in [0.1, 0.15) is 37.4 Å². The Hall–Kier alpha value is -1.66. The number of nitrogens with two attached hydrogens (primary N) is 1. The molecule has 0 saturated carbocycles. The van der Waals surface area contributed by atoms with Gasteiger partial charge in [-0.25, -0.2) is 13.6 Å². The molecule has 2 N–H and O–H groups in total. The molecule has 1 heterocycles. The summed E-state index contributed by atoms with van der Waals surface area (Å²) in [5.41, 5.74) is 6.57. The highest BCUT2D eigenvalue weighted by Crippen LogP contribution is 2.31. The van der Waals surface area contributed by atoms with Crippen molar-refractivity contribution in [2.75, 3.05) is 6.61 Å². The van der Waals surface area contributed by atoms with Crippen LogP contribution in [0.15, 0.2) is 24.4 Å². The molecule has 1 atom stereocenters. The van der Waals surface area contributed by atoms with Gasteiger partial charge in [0.25, 0.3) is 6.43 Å². The molecule has 0 spiro atoms. The molecule has 0 fully saturated rings. The second-order valence-electron chi connectivity index (χ2n) is 4.52. The normalized spacial score (nSPS) is 12.3. The van der Waals surface area contributed by atoms with E-state index in [4.69, 9.17) is 10.5 Å². The Morgan fingerprint density at radius 3 is 2.62 bits per heavy atom. The average Bonchev–Trinajstić information content (AvgIpc) is 2.81.